The number of amides is 1. The highest BCUT2D eigenvalue weighted by Crippen LogP contribution is 2.14. The maximum absolute atomic E-state index is 13.0. The van der Waals surface area contributed by atoms with Gasteiger partial charge in [0, 0.05) is 19.7 Å². The first kappa shape index (κ1) is 16.9. The maximum Gasteiger partial charge on any atom is 0.275 e. The van der Waals surface area contributed by atoms with E-state index in [1.54, 1.807) is 6.07 Å². The van der Waals surface area contributed by atoms with E-state index < -0.39 is 24.4 Å². The van der Waals surface area contributed by atoms with E-state index in [4.69, 9.17) is 14.3 Å². The Hall–Kier alpha value is -2.45. The van der Waals surface area contributed by atoms with E-state index in [1.807, 2.05) is 0 Å². The summed E-state index contributed by atoms with van der Waals surface area (Å²) < 4.78 is 23.5. The molecule has 1 aromatic carbocycles. The van der Waals surface area contributed by atoms with Gasteiger partial charge in [0.1, 0.15) is 17.8 Å². The van der Waals surface area contributed by atoms with Gasteiger partial charge < -0.3 is 24.3 Å². The number of ether oxygens (including phenoxy) is 1. The third kappa shape index (κ3) is 4.76. The second kappa shape index (κ2) is 7.70. The standard InChI is InChI=1S/C15H17FN2O5/c1-18(6-11(20)7-19)15(21)13-8-23-14(17-13)9-22-12-4-2-3-10(16)5-12/h2-5,8,11,19-20H,6-7,9H2,1H3/t11-/m0/s1. The molecule has 0 aliphatic carbocycles. The largest absolute Gasteiger partial charge is 0.484 e. The van der Waals surface area contributed by atoms with Gasteiger partial charge in [0.2, 0.25) is 5.89 Å². The summed E-state index contributed by atoms with van der Waals surface area (Å²) in [5, 5.41) is 18.1. The lowest BCUT2D eigenvalue weighted by Gasteiger charge is -2.18. The Morgan fingerprint density at radius 1 is 1.52 bits per heavy atom. The molecule has 0 saturated carbocycles. The van der Waals surface area contributed by atoms with Crippen LogP contribution in [0.25, 0.3) is 0 Å². The Bertz CT molecular complexity index is 661. The van der Waals surface area contributed by atoms with Crippen LogP contribution in [0.2, 0.25) is 0 Å². The molecule has 2 rings (SSSR count). The van der Waals surface area contributed by atoms with E-state index >= 15 is 0 Å². The number of likely N-dealkylation sites (N-methyl/N-ethyl adjacent to an activating group) is 1. The number of oxazole rings is 1. The van der Waals surface area contributed by atoms with Crippen molar-refractivity contribution >= 4 is 5.91 Å². The van der Waals surface area contributed by atoms with Crippen molar-refractivity contribution < 1.29 is 28.6 Å². The van der Waals surface area contributed by atoms with E-state index in [-0.39, 0.29) is 24.7 Å². The van der Waals surface area contributed by atoms with Crippen molar-refractivity contribution in [3.8, 4) is 5.75 Å². The number of hydrogen-bond donors (Lipinski definition) is 2. The molecule has 124 valence electrons. The summed E-state index contributed by atoms with van der Waals surface area (Å²) in [5.41, 5.74) is 0.0514. The highest BCUT2D eigenvalue weighted by Gasteiger charge is 2.19. The van der Waals surface area contributed by atoms with Crippen LogP contribution in [0.5, 0.6) is 5.75 Å². The molecular formula is C15H17FN2O5. The molecule has 0 unspecified atom stereocenters. The third-order valence-electron chi connectivity index (χ3n) is 2.97. The number of nitrogens with zero attached hydrogens (tertiary/aromatic N) is 2. The number of carbonyl (C=O) groups excluding carboxylic acids is 1. The molecule has 1 atom stereocenters. The van der Waals surface area contributed by atoms with Crippen molar-refractivity contribution in [2.75, 3.05) is 20.2 Å². The fourth-order valence-electron chi connectivity index (χ4n) is 1.83. The summed E-state index contributed by atoms with van der Waals surface area (Å²) in [6.45, 7) is -0.528. The second-order valence-electron chi connectivity index (χ2n) is 4.89. The molecule has 0 saturated heterocycles. The number of benzene rings is 1. The van der Waals surface area contributed by atoms with E-state index in [1.165, 1.54) is 36.4 Å². The van der Waals surface area contributed by atoms with Crippen LogP contribution in [0.1, 0.15) is 16.4 Å². The molecular weight excluding hydrogens is 307 g/mol. The van der Waals surface area contributed by atoms with E-state index in [0.717, 1.165) is 0 Å². The quantitative estimate of drug-likeness (QED) is 0.783. The van der Waals surface area contributed by atoms with Crippen molar-refractivity contribution in [3.63, 3.8) is 0 Å². The van der Waals surface area contributed by atoms with Gasteiger partial charge in [-0.1, -0.05) is 6.07 Å². The molecule has 1 aromatic heterocycles. The van der Waals surface area contributed by atoms with Crippen LogP contribution >= 0.6 is 0 Å². The molecule has 0 bridgehead atoms. The molecule has 8 heteroatoms. The SMILES string of the molecule is CN(C[C@H](O)CO)C(=O)c1coc(COc2cccc(F)c2)n1. The number of carbonyl (C=O) groups is 1. The van der Waals surface area contributed by atoms with Crippen molar-refractivity contribution in [1.29, 1.82) is 0 Å². The minimum absolute atomic E-state index is 0.0304. The average molecular weight is 324 g/mol. The van der Waals surface area contributed by atoms with Crippen LogP contribution < -0.4 is 4.74 Å². The van der Waals surface area contributed by atoms with Gasteiger partial charge in [-0.3, -0.25) is 4.79 Å². The summed E-state index contributed by atoms with van der Waals surface area (Å²) in [5.74, 6) is -0.402. The smallest absolute Gasteiger partial charge is 0.275 e. The molecule has 0 fully saturated rings. The van der Waals surface area contributed by atoms with Gasteiger partial charge in [0.05, 0.1) is 12.7 Å². The Balaban J connectivity index is 1.93. The Kier molecular flexibility index (Phi) is 5.67. The van der Waals surface area contributed by atoms with Crippen molar-refractivity contribution in [2.24, 2.45) is 0 Å². The van der Waals surface area contributed by atoms with Gasteiger partial charge >= 0.3 is 0 Å². The fraction of sp³-hybridized carbons (Fsp3) is 0.333. The van der Waals surface area contributed by atoms with Crippen LogP contribution in [0, 0.1) is 5.82 Å². The molecule has 0 aliphatic heterocycles. The van der Waals surface area contributed by atoms with Gasteiger partial charge in [-0.2, -0.15) is 0 Å². The van der Waals surface area contributed by atoms with Crippen molar-refractivity contribution in [3.05, 3.63) is 47.9 Å². The molecule has 0 aliphatic rings. The summed E-state index contributed by atoms with van der Waals surface area (Å²) in [6.07, 6.45) is 0.153. The summed E-state index contributed by atoms with van der Waals surface area (Å²) >= 11 is 0. The van der Waals surface area contributed by atoms with E-state index in [0.29, 0.717) is 5.75 Å². The van der Waals surface area contributed by atoms with Crippen LogP contribution in [0.15, 0.2) is 34.9 Å². The number of hydrogen-bond acceptors (Lipinski definition) is 6. The van der Waals surface area contributed by atoms with Gasteiger partial charge in [-0.15, -0.1) is 0 Å². The van der Waals surface area contributed by atoms with E-state index in [9.17, 15) is 14.3 Å². The van der Waals surface area contributed by atoms with Crippen LogP contribution in [0.4, 0.5) is 4.39 Å². The predicted molar refractivity (Wildman–Crippen MR) is 77.3 cm³/mol. The normalized spacial score (nSPS) is 12.0. The number of rotatable bonds is 7. The lowest BCUT2D eigenvalue weighted by Crippen LogP contribution is -2.36. The minimum Gasteiger partial charge on any atom is -0.484 e. The summed E-state index contributed by atoms with van der Waals surface area (Å²) in [7, 11) is 1.47. The first-order valence-electron chi connectivity index (χ1n) is 6.86. The van der Waals surface area contributed by atoms with Gasteiger partial charge in [-0.25, -0.2) is 9.37 Å². The lowest BCUT2D eigenvalue weighted by molar-refractivity contribution is 0.0516. The number of halogens is 1. The molecule has 1 amide bonds. The number of aromatic nitrogens is 1. The molecule has 2 N–H and O–H groups in total. The molecule has 7 nitrogen and oxygen atoms in total. The predicted octanol–water partition coefficient (Wildman–Crippen LogP) is 0.818. The first-order chi connectivity index (χ1) is 11.0. The monoisotopic (exact) mass is 324 g/mol. The van der Waals surface area contributed by atoms with Crippen molar-refractivity contribution in [1.82, 2.24) is 9.88 Å². The zero-order valence-electron chi connectivity index (χ0n) is 12.5. The molecule has 1 heterocycles. The maximum atomic E-state index is 13.0. The summed E-state index contributed by atoms with van der Waals surface area (Å²) in [6, 6.07) is 5.61. The fourth-order valence-corrected chi connectivity index (χ4v) is 1.83. The highest BCUT2D eigenvalue weighted by molar-refractivity contribution is 5.91. The highest BCUT2D eigenvalue weighted by atomic mass is 19.1. The second-order valence-corrected chi connectivity index (χ2v) is 4.89. The Morgan fingerprint density at radius 2 is 2.30 bits per heavy atom. The third-order valence-corrected chi connectivity index (χ3v) is 2.97. The van der Waals surface area contributed by atoms with Crippen LogP contribution in [0.3, 0.4) is 0 Å². The average Bonchev–Trinajstić information content (AvgIpc) is 3.01. The minimum atomic E-state index is -1.02. The Labute approximate surface area is 131 Å². The molecule has 23 heavy (non-hydrogen) atoms. The van der Waals surface area contributed by atoms with E-state index in [2.05, 4.69) is 4.98 Å². The van der Waals surface area contributed by atoms with Crippen LogP contribution in [-0.4, -0.2) is 52.3 Å². The number of aliphatic hydroxyl groups excluding tert-OH is 2. The molecule has 2 aromatic rings. The number of aliphatic hydroxyl groups is 2. The van der Waals surface area contributed by atoms with Gasteiger partial charge in [0.25, 0.3) is 5.91 Å². The van der Waals surface area contributed by atoms with Crippen LogP contribution in [-0.2, 0) is 6.61 Å². The zero-order valence-corrected chi connectivity index (χ0v) is 12.5. The Morgan fingerprint density at radius 3 is 3.00 bits per heavy atom. The topological polar surface area (TPSA) is 96.0 Å². The lowest BCUT2D eigenvalue weighted by atomic mass is 10.3. The zero-order chi connectivity index (χ0) is 16.8. The first-order valence-corrected chi connectivity index (χ1v) is 6.86. The molecule has 0 spiro atoms. The molecule has 0 radical (unpaired) electrons. The summed E-state index contributed by atoms with van der Waals surface area (Å²) in [4.78, 5) is 17.2. The van der Waals surface area contributed by atoms with Gasteiger partial charge in [0.15, 0.2) is 12.3 Å². The van der Waals surface area contributed by atoms with Crippen molar-refractivity contribution in [2.45, 2.75) is 12.7 Å². The van der Waals surface area contributed by atoms with Gasteiger partial charge in [-0.05, 0) is 12.1 Å².